The molecule has 0 atom stereocenters. The molecule has 1 N–H and O–H groups in total. The lowest BCUT2D eigenvalue weighted by Gasteiger charge is -2.08. The normalized spacial score (nSPS) is 10.8. The van der Waals surface area contributed by atoms with Gasteiger partial charge in [0, 0.05) is 0 Å². The monoisotopic (exact) mass is 438 g/mol. The number of rotatable bonds is 7. The Morgan fingerprint density at radius 2 is 1.90 bits per heavy atom. The van der Waals surface area contributed by atoms with Gasteiger partial charge in [0.1, 0.15) is 29.2 Å². The lowest BCUT2D eigenvalue weighted by atomic mass is 10.2. The van der Waals surface area contributed by atoms with E-state index in [1.165, 1.54) is 0 Å². The lowest BCUT2D eigenvalue weighted by molar-refractivity contribution is -0.119. The molecule has 10 heteroatoms. The van der Waals surface area contributed by atoms with Crippen molar-refractivity contribution in [3.63, 3.8) is 0 Å². The third kappa shape index (κ3) is 4.69. The van der Waals surface area contributed by atoms with Gasteiger partial charge in [-0.25, -0.2) is 4.79 Å². The van der Waals surface area contributed by atoms with Crippen molar-refractivity contribution in [2.24, 2.45) is 0 Å². The molecule has 0 fully saturated rings. The number of hydrogen-bond acceptors (Lipinski definition) is 9. The van der Waals surface area contributed by atoms with Gasteiger partial charge in [-0.2, -0.15) is 8.75 Å². The van der Waals surface area contributed by atoms with E-state index in [4.69, 9.17) is 14.0 Å². The van der Waals surface area contributed by atoms with Crippen LogP contribution in [0.3, 0.4) is 0 Å². The molecule has 1 amide bonds. The van der Waals surface area contributed by atoms with E-state index in [-0.39, 0.29) is 0 Å². The Hall–Kier alpha value is -3.79. The van der Waals surface area contributed by atoms with Gasteiger partial charge in [-0.1, -0.05) is 11.2 Å². The van der Waals surface area contributed by atoms with Crippen LogP contribution in [-0.4, -0.2) is 32.4 Å². The Kier molecular flexibility index (Phi) is 5.89. The number of aryl methyl sites for hydroxylation is 2. The van der Waals surface area contributed by atoms with Crippen LogP contribution in [0.25, 0.3) is 11.0 Å². The summed E-state index contributed by atoms with van der Waals surface area (Å²) >= 11 is 1.06. The van der Waals surface area contributed by atoms with Crippen LogP contribution in [0.15, 0.2) is 47.0 Å². The highest BCUT2D eigenvalue weighted by Crippen LogP contribution is 2.21. The van der Waals surface area contributed by atoms with Crippen molar-refractivity contribution in [1.29, 1.82) is 0 Å². The van der Waals surface area contributed by atoms with Gasteiger partial charge in [0.15, 0.2) is 6.61 Å². The van der Waals surface area contributed by atoms with Crippen molar-refractivity contribution >= 4 is 40.3 Å². The van der Waals surface area contributed by atoms with E-state index < -0.39 is 18.5 Å². The standard InChI is InChI=1S/C21H18N4O5S/c1-12-16(13(2)30-23-12)10-28-15-8-6-14(7-9-15)21(27)29-11-19(26)22-17-4-3-5-18-20(17)25-31-24-18/h3-9H,10-11H2,1-2H3,(H,22,26). The quantitative estimate of drug-likeness (QED) is 0.435. The van der Waals surface area contributed by atoms with Crippen molar-refractivity contribution in [3.05, 3.63) is 65.0 Å². The highest BCUT2D eigenvalue weighted by molar-refractivity contribution is 7.00. The summed E-state index contributed by atoms with van der Waals surface area (Å²) in [6, 6.07) is 11.7. The second kappa shape index (κ2) is 8.92. The molecule has 9 nitrogen and oxygen atoms in total. The fraction of sp³-hybridized carbons (Fsp3) is 0.190. The van der Waals surface area contributed by atoms with Gasteiger partial charge in [0.25, 0.3) is 5.91 Å². The Morgan fingerprint density at radius 3 is 2.65 bits per heavy atom. The second-order valence-electron chi connectivity index (χ2n) is 6.68. The number of esters is 1. The molecule has 0 aliphatic rings. The van der Waals surface area contributed by atoms with Crippen LogP contribution >= 0.6 is 11.7 Å². The van der Waals surface area contributed by atoms with Crippen LogP contribution in [0.5, 0.6) is 5.75 Å². The van der Waals surface area contributed by atoms with Gasteiger partial charge >= 0.3 is 5.97 Å². The van der Waals surface area contributed by atoms with Crippen LogP contribution in [-0.2, 0) is 16.1 Å². The number of amides is 1. The molecule has 0 bridgehead atoms. The smallest absolute Gasteiger partial charge is 0.338 e. The average Bonchev–Trinajstić information content (AvgIpc) is 3.38. The molecule has 158 valence electrons. The van der Waals surface area contributed by atoms with Gasteiger partial charge < -0.3 is 19.3 Å². The number of benzene rings is 2. The molecule has 0 unspecified atom stereocenters. The summed E-state index contributed by atoms with van der Waals surface area (Å²) in [5.41, 5.74) is 3.78. The van der Waals surface area contributed by atoms with E-state index in [1.54, 1.807) is 42.5 Å². The predicted octanol–water partition coefficient (Wildman–Crippen LogP) is 3.67. The van der Waals surface area contributed by atoms with Gasteiger partial charge in [0.05, 0.1) is 34.2 Å². The van der Waals surface area contributed by atoms with Crippen LogP contribution < -0.4 is 10.1 Å². The Labute approximate surface area is 181 Å². The van der Waals surface area contributed by atoms with E-state index in [2.05, 4.69) is 19.2 Å². The number of carbonyl (C=O) groups is 2. The molecule has 0 spiro atoms. The summed E-state index contributed by atoms with van der Waals surface area (Å²) in [5, 5.41) is 6.57. The molecule has 4 rings (SSSR count). The lowest BCUT2D eigenvalue weighted by Crippen LogP contribution is -2.21. The molecular weight excluding hydrogens is 420 g/mol. The fourth-order valence-electron chi connectivity index (χ4n) is 2.86. The van der Waals surface area contributed by atoms with E-state index in [1.807, 2.05) is 13.8 Å². The third-order valence-electron chi connectivity index (χ3n) is 4.55. The highest BCUT2D eigenvalue weighted by Gasteiger charge is 2.13. The first-order valence-corrected chi connectivity index (χ1v) is 10.1. The number of nitrogens with one attached hydrogen (secondary N) is 1. The number of hydrogen-bond donors (Lipinski definition) is 1. The van der Waals surface area contributed by atoms with E-state index in [9.17, 15) is 9.59 Å². The zero-order valence-corrected chi connectivity index (χ0v) is 17.6. The van der Waals surface area contributed by atoms with Crippen LogP contribution in [0, 0.1) is 13.8 Å². The topological polar surface area (TPSA) is 116 Å². The zero-order chi connectivity index (χ0) is 21.8. The summed E-state index contributed by atoms with van der Waals surface area (Å²) in [7, 11) is 0. The molecule has 0 aliphatic carbocycles. The number of fused-ring (bicyclic) bond motifs is 1. The predicted molar refractivity (Wildman–Crippen MR) is 113 cm³/mol. The average molecular weight is 438 g/mol. The van der Waals surface area contributed by atoms with Gasteiger partial charge in [-0.3, -0.25) is 4.79 Å². The number of anilines is 1. The third-order valence-corrected chi connectivity index (χ3v) is 5.09. The maximum absolute atomic E-state index is 12.2. The first-order chi connectivity index (χ1) is 15.0. The van der Waals surface area contributed by atoms with E-state index >= 15 is 0 Å². The Bertz CT molecular complexity index is 1210. The summed E-state index contributed by atoms with van der Waals surface area (Å²) < 4.78 is 24.2. The van der Waals surface area contributed by atoms with Crippen LogP contribution in [0.1, 0.15) is 27.4 Å². The Balaban J connectivity index is 1.29. The van der Waals surface area contributed by atoms with Crippen LogP contribution in [0.4, 0.5) is 5.69 Å². The zero-order valence-electron chi connectivity index (χ0n) is 16.7. The summed E-state index contributed by atoms with van der Waals surface area (Å²) in [6.45, 7) is 3.56. The molecule has 0 saturated heterocycles. The van der Waals surface area contributed by atoms with Crippen molar-refractivity contribution < 1.29 is 23.6 Å². The maximum atomic E-state index is 12.2. The Morgan fingerprint density at radius 1 is 1.10 bits per heavy atom. The maximum Gasteiger partial charge on any atom is 0.338 e. The molecule has 2 aromatic carbocycles. The SMILES string of the molecule is Cc1noc(C)c1COc1ccc(C(=O)OCC(=O)Nc2cccc3nsnc23)cc1. The molecule has 4 aromatic rings. The minimum Gasteiger partial charge on any atom is -0.489 e. The van der Waals surface area contributed by atoms with Crippen molar-refractivity contribution in [3.8, 4) is 5.75 Å². The molecule has 0 saturated carbocycles. The second-order valence-corrected chi connectivity index (χ2v) is 7.21. The largest absolute Gasteiger partial charge is 0.489 e. The van der Waals surface area contributed by atoms with Crippen LogP contribution in [0.2, 0.25) is 0 Å². The minimum absolute atomic E-state index is 0.309. The summed E-state index contributed by atoms with van der Waals surface area (Å²) in [5.74, 6) is 0.215. The molecular formula is C21H18N4O5S. The fourth-order valence-corrected chi connectivity index (χ4v) is 3.41. The van der Waals surface area contributed by atoms with Crippen molar-refractivity contribution in [2.75, 3.05) is 11.9 Å². The van der Waals surface area contributed by atoms with Gasteiger partial charge in [-0.05, 0) is 50.2 Å². The van der Waals surface area contributed by atoms with Crippen molar-refractivity contribution in [1.82, 2.24) is 13.9 Å². The molecule has 0 radical (unpaired) electrons. The number of ether oxygens (including phenoxy) is 2. The van der Waals surface area contributed by atoms with Crippen molar-refractivity contribution in [2.45, 2.75) is 20.5 Å². The van der Waals surface area contributed by atoms with E-state index in [0.717, 1.165) is 23.0 Å². The highest BCUT2D eigenvalue weighted by atomic mass is 32.1. The summed E-state index contributed by atoms with van der Waals surface area (Å²) in [6.07, 6.45) is 0. The number of nitrogens with zero attached hydrogens (tertiary/aromatic N) is 3. The van der Waals surface area contributed by atoms with Gasteiger partial charge in [-0.15, -0.1) is 0 Å². The number of aromatic nitrogens is 3. The van der Waals surface area contributed by atoms with E-state index in [0.29, 0.717) is 40.4 Å². The minimum atomic E-state index is -0.610. The molecule has 2 heterocycles. The molecule has 0 aliphatic heterocycles. The summed E-state index contributed by atoms with van der Waals surface area (Å²) in [4.78, 5) is 24.4. The number of carbonyl (C=O) groups excluding carboxylic acids is 2. The first-order valence-electron chi connectivity index (χ1n) is 9.34. The molecule has 31 heavy (non-hydrogen) atoms. The first kappa shape index (κ1) is 20.5. The van der Waals surface area contributed by atoms with Gasteiger partial charge in [0.2, 0.25) is 0 Å². The molecule has 2 aromatic heterocycles.